The van der Waals surface area contributed by atoms with Crippen LogP contribution >= 0.6 is 0 Å². The Bertz CT molecular complexity index is 928. The molecule has 0 spiro atoms. The number of rotatable bonds is 5. The number of aryl methyl sites for hydroxylation is 1. The van der Waals surface area contributed by atoms with Crippen molar-refractivity contribution < 1.29 is 17.6 Å². The molecule has 0 heterocycles. The predicted molar refractivity (Wildman–Crippen MR) is 103 cm³/mol. The van der Waals surface area contributed by atoms with Gasteiger partial charge in [0, 0.05) is 0 Å². The highest BCUT2D eigenvalue weighted by Gasteiger charge is 2.31. The number of amides is 1. The molecule has 0 fully saturated rings. The van der Waals surface area contributed by atoms with Crippen LogP contribution in [0.3, 0.4) is 0 Å². The van der Waals surface area contributed by atoms with E-state index < -0.39 is 21.9 Å². The third-order valence-electron chi connectivity index (χ3n) is 4.86. The molecule has 2 aromatic carbocycles. The highest BCUT2D eigenvalue weighted by Crippen LogP contribution is 2.30. The van der Waals surface area contributed by atoms with Gasteiger partial charge in [-0.05, 0) is 61.6 Å². The SMILES string of the molecule is CC(C(=O)NC1CCCc2ccccc21)N(c1ccc(F)cc1)S(C)(=O)=O. The molecule has 1 N–H and O–H groups in total. The highest BCUT2D eigenvalue weighted by atomic mass is 32.2. The molecule has 0 saturated carbocycles. The van der Waals surface area contributed by atoms with E-state index in [-0.39, 0.29) is 17.6 Å². The van der Waals surface area contributed by atoms with E-state index in [0.29, 0.717) is 0 Å². The van der Waals surface area contributed by atoms with Crippen LogP contribution in [0, 0.1) is 5.82 Å². The Morgan fingerprint density at radius 3 is 2.52 bits per heavy atom. The molecular weight excluding hydrogens is 367 g/mol. The van der Waals surface area contributed by atoms with Crippen molar-refractivity contribution in [2.75, 3.05) is 10.6 Å². The Morgan fingerprint density at radius 2 is 1.85 bits per heavy atom. The van der Waals surface area contributed by atoms with Gasteiger partial charge in [-0.2, -0.15) is 0 Å². The van der Waals surface area contributed by atoms with Crippen LogP contribution in [0.5, 0.6) is 0 Å². The van der Waals surface area contributed by atoms with Crippen molar-refractivity contribution in [1.29, 1.82) is 0 Å². The Morgan fingerprint density at radius 1 is 1.19 bits per heavy atom. The van der Waals surface area contributed by atoms with E-state index in [9.17, 15) is 17.6 Å². The normalized spacial score (nSPS) is 17.7. The van der Waals surface area contributed by atoms with E-state index in [1.54, 1.807) is 0 Å². The van der Waals surface area contributed by atoms with E-state index in [0.717, 1.165) is 35.4 Å². The van der Waals surface area contributed by atoms with Gasteiger partial charge >= 0.3 is 0 Å². The second kappa shape index (κ2) is 7.68. The number of carbonyl (C=O) groups excluding carboxylic acids is 1. The number of carbonyl (C=O) groups is 1. The van der Waals surface area contributed by atoms with Crippen molar-refractivity contribution in [3.05, 3.63) is 65.5 Å². The van der Waals surface area contributed by atoms with Crippen LogP contribution in [-0.4, -0.2) is 26.6 Å². The third kappa shape index (κ3) is 4.30. The van der Waals surface area contributed by atoms with Crippen LogP contribution in [0.15, 0.2) is 48.5 Å². The maximum Gasteiger partial charge on any atom is 0.244 e. The maximum absolute atomic E-state index is 13.2. The van der Waals surface area contributed by atoms with Crippen LogP contribution in [0.1, 0.15) is 36.9 Å². The monoisotopic (exact) mass is 390 g/mol. The van der Waals surface area contributed by atoms with Gasteiger partial charge in [-0.15, -0.1) is 0 Å². The number of benzene rings is 2. The number of sulfonamides is 1. The molecule has 7 heteroatoms. The molecule has 0 aliphatic heterocycles. The van der Waals surface area contributed by atoms with Crippen molar-refractivity contribution in [2.45, 2.75) is 38.3 Å². The quantitative estimate of drug-likeness (QED) is 0.853. The average molecular weight is 390 g/mol. The molecule has 2 unspecified atom stereocenters. The summed E-state index contributed by atoms with van der Waals surface area (Å²) in [6, 6.07) is 11.9. The Balaban J connectivity index is 1.84. The molecule has 0 bridgehead atoms. The minimum Gasteiger partial charge on any atom is -0.347 e. The zero-order chi connectivity index (χ0) is 19.6. The topological polar surface area (TPSA) is 66.5 Å². The number of hydrogen-bond donors (Lipinski definition) is 1. The summed E-state index contributed by atoms with van der Waals surface area (Å²) in [4.78, 5) is 12.9. The molecule has 5 nitrogen and oxygen atoms in total. The van der Waals surface area contributed by atoms with Crippen LogP contribution in [0.2, 0.25) is 0 Å². The molecule has 0 aromatic heterocycles. The third-order valence-corrected chi connectivity index (χ3v) is 6.10. The van der Waals surface area contributed by atoms with Gasteiger partial charge in [0.2, 0.25) is 15.9 Å². The van der Waals surface area contributed by atoms with Crippen molar-refractivity contribution in [2.24, 2.45) is 0 Å². The molecule has 1 aliphatic rings. The molecule has 0 saturated heterocycles. The van der Waals surface area contributed by atoms with E-state index in [1.165, 1.54) is 36.8 Å². The zero-order valence-electron chi connectivity index (χ0n) is 15.4. The first kappa shape index (κ1) is 19.4. The van der Waals surface area contributed by atoms with E-state index in [1.807, 2.05) is 18.2 Å². The van der Waals surface area contributed by atoms with Gasteiger partial charge in [-0.1, -0.05) is 24.3 Å². The first-order chi connectivity index (χ1) is 12.8. The molecule has 3 rings (SSSR count). The van der Waals surface area contributed by atoms with E-state index >= 15 is 0 Å². The first-order valence-corrected chi connectivity index (χ1v) is 10.8. The Kier molecular flexibility index (Phi) is 5.51. The van der Waals surface area contributed by atoms with Gasteiger partial charge in [0.15, 0.2) is 0 Å². The average Bonchev–Trinajstić information content (AvgIpc) is 2.62. The van der Waals surface area contributed by atoms with Gasteiger partial charge in [0.25, 0.3) is 0 Å². The summed E-state index contributed by atoms with van der Waals surface area (Å²) in [7, 11) is -3.73. The molecule has 1 amide bonds. The molecule has 27 heavy (non-hydrogen) atoms. The van der Waals surface area contributed by atoms with Crippen LogP contribution < -0.4 is 9.62 Å². The second-order valence-corrected chi connectivity index (χ2v) is 8.72. The zero-order valence-corrected chi connectivity index (χ0v) is 16.2. The van der Waals surface area contributed by atoms with Crippen LogP contribution in [0.4, 0.5) is 10.1 Å². The maximum atomic E-state index is 13.2. The number of fused-ring (bicyclic) bond motifs is 1. The molecule has 0 radical (unpaired) electrons. The number of halogens is 1. The fourth-order valence-corrected chi connectivity index (χ4v) is 4.77. The highest BCUT2D eigenvalue weighted by molar-refractivity contribution is 7.92. The first-order valence-electron chi connectivity index (χ1n) is 8.90. The van der Waals surface area contributed by atoms with Gasteiger partial charge in [-0.25, -0.2) is 12.8 Å². The number of nitrogens with one attached hydrogen (secondary N) is 1. The summed E-state index contributed by atoms with van der Waals surface area (Å²) in [6.45, 7) is 1.54. The molecule has 2 aromatic rings. The standard InChI is InChI=1S/C20H23FN2O3S/c1-14(23(27(2,25)26)17-12-10-16(21)11-13-17)20(24)22-19-9-5-7-15-6-3-4-8-18(15)19/h3-4,6,8,10-14,19H,5,7,9H2,1-2H3,(H,22,24). The van der Waals surface area contributed by atoms with Gasteiger partial charge in [0.1, 0.15) is 11.9 Å². The predicted octanol–water partition coefficient (Wildman–Crippen LogP) is 3.17. The largest absolute Gasteiger partial charge is 0.347 e. The Labute approximate surface area is 159 Å². The van der Waals surface area contributed by atoms with Crippen LogP contribution in [-0.2, 0) is 21.2 Å². The lowest BCUT2D eigenvalue weighted by molar-refractivity contribution is -0.122. The van der Waals surface area contributed by atoms with Crippen molar-refractivity contribution in [1.82, 2.24) is 5.32 Å². The van der Waals surface area contributed by atoms with Gasteiger partial charge in [-0.3, -0.25) is 9.10 Å². The summed E-state index contributed by atoms with van der Waals surface area (Å²) in [5, 5.41) is 2.99. The minimum atomic E-state index is -3.73. The van der Waals surface area contributed by atoms with Crippen molar-refractivity contribution >= 4 is 21.6 Å². The fourth-order valence-electron chi connectivity index (χ4n) is 3.59. The summed E-state index contributed by atoms with van der Waals surface area (Å²) >= 11 is 0. The molecule has 144 valence electrons. The van der Waals surface area contributed by atoms with E-state index in [4.69, 9.17) is 0 Å². The molecular formula is C20H23FN2O3S. The molecule has 2 atom stereocenters. The summed E-state index contributed by atoms with van der Waals surface area (Å²) < 4.78 is 38.8. The second-order valence-electron chi connectivity index (χ2n) is 6.86. The smallest absolute Gasteiger partial charge is 0.244 e. The minimum absolute atomic E-state index is 0.139. The van der Waals surface area contributed by atoms with Crippen LogP contribution in [0.25, 0.3) is 0 Å². The summed E-state index contributed by atoms with van der Waals surface area (Å²) in [5.41, 5.74) is 2.54. The lowest BCUT2D eigenvalue weighted by Gasteiger charge is -2.31. The van der Waals surface area contributed by atoms with Crippen molar-refractivity contribution in [3.8, 4) is 0 Å². The number of nitrogens with zero attached hydrogens (tertiary/aromatic N) is 1. The van der Waals surface area contributed by atoms with Gasteiger partial charge in [0.05, 0.1) is 18.0 Å². The van der Waals surface area contributed by atoms with Gasteiger partial charge < -0.3 is 5.32 Å². The van der Waals surface area contributed by atoms with Crippen molar-refractivity contribution in [3.63, 3.8) is 0 Å². The number of anilines is 1. The Hall–Kier alpha value is -2.41. The lowest BCUT2D eigenvalue weighted by atomic mass is 9.87. The lowest BCUT2D eigenvalue weighted by Crippen LogP contribution is -2.49. The summed E-state index contributed by atoms with van der Waals surface area (Å²) in [5.74, 6) is -0.852. The molecule has 1 aliphatic carbocycles. The fraction of sp³-hybridized carbons (Fsp3) is 0.350. The number of hydrogen-bond acceptors (Lipinski definition) is 3. The van der Waals surface area contributed by atoms with E-state index in [2.05, 4.69) is 11.4 Å². The summed E-state index contributed by atoms with van der Waals surface area (Å²) in [6.07, 6.45) is 3.79.